The Kier molecular flexibility index (Phi) is 3.41. The average molecular weight is 286 g/mol. The fourth-order valence-electron chi connectivity index (χ4n) is 1.27. The Morgan fingerprint density at radius 3 is 2.83 bits per heavy atom. The number of nitrogens with one attached hydrogen (secondary N) is 1. The minimum Gasteiger partial charge on any atom is -0.444 e. The van der Waals surface area contributed by atoms with Gasteiger partial charge in [-0.3, -0.25) is 5.32 Å². The quantitative estimate of drug-likeness (QED) is 0.812. The van der Waals surface area contributed by atoms with E-state index >= 15 is 0 Å². The largest absolute Gasteiger partial charge is 0.444 e. The number of nitrogens with zero attached hydrogens (tertiary/aromatic N) is 2. The molecular formula is C11H12ClN3O2S. The van der Waals surface area contributed by atoms with Crippen LogP contribution in [-0.2, 0) is 4.74 Å². The number of carbonyl (C=O) groups excluding carboxylic acids is 1. The van der Waals surface area contributed by atoms with Crippen LogP contribution in [0.25, 0.3) is 10.2 Å². The van der Waals surface area contributed by atoms with E-state index in [-0.39, 0.29) is 5.95 Å². The molecule has 2 aromatic heterocycles. The van der Waals surface area contributed by atoms with Crippen LogP contribution >= 0.6 is 22.9 Å². The fourth-order valence-corrected chi connectivity index (χ4v) is 2.32. The molecule has 0 fully saturated rings. The van der Waals surface area contributed by atoms with Crippen molar-refractivity contribution in [3.05, 3.63) is 16.6 Å². The maximum absolute atomic E-state index is 11.6. The van der Waals surface area contributed by atoms with E-state index in [0.29, 0.717) is 5.15 Å². The number of fused-ring (bicyclic) bond motifs is 1. The summed E-state index contributed by atoms with van der Waals surface area (Å²) in [6.07, 6.45) is -0.602. The van der Waals surface area contributed by atoms with E-state index in [4.69, 9.17) is 16.3 Å². The summed E-state index contributed by atoms with van der Waals surface area (Å²) in [4.78, 5) is 20.5. The summed E-state index contributed by atoms with van der Waals surface area (Å²) in [6, 6.07) is 1.83. The van der Waals surface area contributed by atoms with Crippen LogP contribution in [0.2, 0.25) is 5.15 Å². The van der Waals surface area contributed by atoms with Gasteiger partial charge in [0.05, 0.1) is 0 Å². The molecule has 0 aliphatic rings. The molecule has 0 aromatic carbocycles. The van der Waals surface area contributed by atoms with Crippen LogP contribution in [0.4, 0.5) is 10.7 Å². The summed E-state index contributed by atoms with van der Waals surface area (Å²) in [5, 5.41) is 5.41. The molecule has 0 aliphatic heterocycles. The zero-order chi connectivity index (χ0) is 13.3. The number of carbonyl (C=O) groups is 1. The Morgan fingerprint density at radius 2 is 2.17 bits per heavy atom. The van der Waals surface area contributed by atoms with Gasteiger partial charge in [-0.05, 0) is 32.2 Å². The van der Waals surface area contributed by atoms with Crippen molar-refractivity contribution >= 4 is 45.2 Å². The van der Waals surface area contributed by atoms with Crippen molar-refractivity contribution in [2.24, 2.45) is 0 Å². The van der Waals surface area contributed by atoms with Gasteiger partial charge in [-0.1, -0.05) is 11.6 Å². The Labute approximate surface area is 113 Å². The number of halogens is 1. The summed E-state index contributed by atoms with van der Waals surface area (Å²) in [5.74, 6) is 0.143. The molecule has 0 aliphatic carbocycles. The van der Waals surface area contributed by atoms with Crippen LogP contribution in [-0.4, -0.2) is 21.7 Å². The summed E-state index contributed by atoms with van der Waals surface area (Å²) in [5.41, 5.74) is -0.569. The van der Waals surface area contributed by atoms with E-state index < -0.39 is 11.7 Å². The number of hydrogen-bond acceptors (Lipinski definition) is 5. The number of rotatable bonds is 1. The molecule has 0 spiro atoms. The molecule has 1 amide bonds. The van der Waals surface area contributed by atoms with Crippen molar-refractivity contribution in [2.75, 3.05) is 5.32 Å². The third-order valence-corrected chi connectivity index (χ3v) is 2.99. The first kappa shape index (κ1) is 13.0. The topological polar surface area (TPSA) is 64.1 Å². The van der Waals surface area contributed by atoms with Crippen molar-refractivity contribution in [1.82, 2.24) is 9.97 Å². The molecule has 5 nitrogen and oxygen atoms in total. The number of anilines is 1. The van der Waals surface area contributed by atoms with Crippen molar-refractivity contribution in [1.29, 1.82) is 0 Å². The van der Waals surface area contributed by atoms with E-state index in [2.05, 4.69) is 15.3 Å². The minimum atomic E-state index is -0.602. The predicted octanol–water partition coefficient (Wildman–Crippen LogP) is 3.69. The van der Waals surface area contributed by atoms with E-state index in [1.54, 1.807) is 20.8 Å². The van der Waals surface area contributed by atoms with Crippen molar-refractivity contribution in [2.45, 2.75) is 26.4 Å². The lowest BCUT2D eigenvalue weighted by Crippen LogP contribution is -2.27. The summed E-state index contributed by atoms with van der Waals surface area (Å²) < 4.78 is 5.11. The maximum atomic E-state index is 11.6. The standard InChI is InChI=1S/C11H12ClN3O2S/c1-11(2,3)17-10(16)15-9-13-7(12)6-4-5-18-8(6)14-9/h4-5H,1-3H3,(H,13,14,15,16). The Hall–Kier alpha value is -1.40. The van der Waals surface area contributed by atoms with Gasteiger partial charge < -0.3 is 4.74 Å². The summed E-state index contributed by atoms with van der Waals surface area (Å²) in [6.45, 7) is 5.34. The Bertz CT molecular complexity index is 591. The predicted molar refractivity (Wildman–Crippen MR) is 72.3 cm³/mol. The van der Waals surface area contributed by atoms with Gasteiger partial charge >= 0.3 is 6.09 Å². The molecular weight excluding hydrogens is 274 g/mol. The van der Waals surface area contributed by atoms with Gasteiger partial charge in [0.2, 0.25) is 5.95 Å². The second kappa shape index (κ2) is 4.70. The highest BCUT2D eigenvalue weighted by molar-refractivity contribution is 7.16. The second-order valence-electron chi connectivity index (χ2n) is 4.60. The molecule has 7 heteroatoms. The number of hydrogen-bond donors (Lipinski definition) is 1. The Balaban J connectivity index is 2.19. The van der Waals surface area contributed by atoms with E-state index in [0.717, 1.165) is 10.2 Å². The highest BCUT2D eigenvalue weighted by Gasteiger charge is 2.17. The van der Waals surface area contributed by atoms with Crippen molar-refractivity contribution in [3.8, 4) is 0 Å². The average Bonchev–Trinajstić information content (AvgIpc) is 2.62. The summed E-state index contributed by atoms with van der Waals surface area (Å²) in [7, 11) is 0. The van der Waals surface area contributed by atoms with Gasteiger partial charge in [-0.2, -0.15) is 4.98 Å². The van der Waals surface area contributed by atoms with Crippen LogP contribution in [0.5, 0.6) is 0 Å². The van der Waals surface area contributed by atoms with Gasteiger partial charge in [-0.15, -0.1) is 11.3 Å². The van der Waals surface area contributed by atoms with Crippen LogP contribution in [0.15, 0.2) is 11.4 Å². The zero-order valence-corrected chi connectivity index (χ0v) is 11.7. The lowest BCUT2D eigenvalue weighted by Gasteiger charge is -2.19. The van der Waals surface area contributed by atoms with Crippen LogP contribution in [0, 0.1) is 0 Å². The molecule has 18 heavy (non-hydrogen) atoms. The van der Waals surface area contributed by atoms with Gasteiger partial charge in [0, 0.05) is 5.39 Å². The first-order chi connectivity index (χ1) is 8.35. The monoisotopic (exact) mass is 285 g/mol. The molecule has 2 aromatic rings. The number of ether oxygens (including phenoxy) is 1. The Morgan fingerprint density at radius 1 is 1.44 bits per heavy atom. The molecule has 0 bridgehead atoms. The SMILES string of the molecule is CC(C)(C)OC(=O)Nc1nc(Cl)c2ccsc2n1. The zero-order valence-electron chi connectivity index (χ0n) is 10.2. The smallest absolute Gasteiger partial charge is 0.414 e. The van der Waals surface area contributed by atoms with E-state index in [1.807, 2.05) is 11.4 Å². The number of thiophene rings is 1. The van der Waals surface area contributed by atoms with Crippen LogP contribution in [0.3, 0.4) is 0 Å². The first-order valence-corrected chi connectivity index (χ1v) is 6.52. The number of amides is 1. The van der Waals surface area contributed by atoms with Crippen molar-refractivity contribution < 1.29 is 9.53 Å². The molecule has 0 unspecified atom stereocenters. The van der Waals surface area contributed by atoms with Gasteiger partial charge in [0.15, 0.2) is 0 Å². The molecule has 0 atom stereocenters. The van der Waals surface area contributed by atoms with Gasteiger partial charge in [0.1, 0.15) is 15.6 Å². The van der Waals surface area contributed by atoms with E-state index in [9.17, 15) is 4.79 Å². The number of aromatic nitrogens is 2. The first-order valence-electron chi connectivity index (χ1n) is 5.26. The van der Waals surface area contributed by atoms with Crippen LogP contribution < -0.4 is 5.32 Å². The molecule has 0 radical (unpaired) electrons. The molecule has 2 heterocycles. The molecule has 0 saturated heterocycles. The third kappa shape index (κ3) is 3.08. The highest BCUT2D eigenvalue weighted by Crippen LogP contribution is 2.26. The summed E-state index contributed by atoms with van der Waals surface area (Å²) >= 11 is 7.41. The lowest BCUT2D eigenvalue weighted by atomic mass is 10.2. The minimum absolute atomic E-state index is 0.143. The fraction of sp³-hybridized carbons (Fsp3) is 0.364. The lowest BCUT2D eigenvalue weighted by molar-refractivity contribution is 0.0634. The van der Waals surface area contributed by atoms with E-state index in [1.165, 1.54) is 11.3 Å². The molecule has 2 rings (SSSR count). The normalized spacial score (nSPS) is 11.6. The van der Waals surface area contributed by atoms with Crippen molar-refractivity contribution in [3.63, 3.8) is 0 Å². The maximum Gasteiger partial charge on any atom is 0.414 e. The highest BCUT2D eigenvalue weighted by atomic mass is 35.5. The second-order valence-corrected chi connectivity index (χ2v) is 5.86. The van der Waals surface area contributed by atoms with Gasteiger partial charge in [0.25, 0.3) is 0 Å². The molecule has 96 valence electrons. The van der Waals surface area contributed by atoms with Gasteiger partial charge in [-0.25, -0.2) is 9.78 Å². The molecule has 1 N–H and O–H groups in total. The molecule has 0 saturated carbocycles. The van der Waals surface area contributed by atoms with Crippen LogP contribution in [0.1, 0.15) is 20.8 Å². The third-order valence-electron chi connectivity index (χ3n) is 1.89.